The number of aromatic nitrogens is 6. The third-order valence-electron chi connectivity index (χ3n) is 7.04. The first-order chi connectivity index (χ1) is 22.0. The summed E-state index contributed by atoms with van der Waals surface area (Å²) in [6, 6.07) is 32.4. The van der Waals surface area contributed by atoms with Crippen LogP contribution in [0.25, 0.3) is 12.2 Å². The van der Waals surface area contributed by atoms with Gasteiger partial charge in [0, 0.05) is 11.4 Å². The van der Waals surface area contributed by atoms with Crippen LogP contribution in [0.5, 0.6) is 0 Å². The number of hydrogen-bond acceptors (Lipinski definition) is 8. The van der Waals surface area contributed by atoms with Crippen molar-refractivity contribution in [3.63, 3.8) is 0 Å². The van der Waals surface area contributed by atoms with E-state index in [-0.39, 0.29) is 0 Å². The van der Waals surface area contributed by atoms with Gasteiger partial charge in [0.15, 0.2) is 0 Å². The van der Waals surface area contributed by atoms with Gasteiger partial charge in [0.05, 0.1) is 11.4 Å². The fraction of sp³-hybridized carbons (Fsp3) is 0.0857. The Morgan fingerprint density at radius 1 is 0.533 bits per heavy atom. The molecule has 0 amide bonds. The van der Waals surface area contributed by atoms with Crippen LogP contribution in [0.4, 0.5) is 23.3 Å². The standard InChI is InChI=1S/C35H30B2N8/c1-23-20-30(42-34-39-22-38-32(44-34)36-28-10-6-4-7-11-28)18-16-26(23)14-15-27-17-19-31(21-24(27)2)43-35-41-25(3)40-33(45-35)37-29-12-8-5-9-13-29/h4-22H,1-3H3,(H,38,39,42,44)(H,40,41,43,45)/b15-14+. The van der Waals surface area contributed by atoms with Gasteiger partial charge in [-0.2, -0.15) is 4.98 Å². The Kier molecular flexibility index (Phi) is 9.01. The Bertz CT molecular complexity index is 1950. The average molecular weight is 584 g/mol. The molecule has 6 rings (SSSR count). The van der Waals surface area contributed by atoms with Gasteiger partial charge in [0.1, 0.15) is 12.2 Å². The zero-order chi connectivity index (χ0) is 31.0. The molecule has 0 saturated heterocycles. The van der Waals surface area contributed by atoms with Gasteiger partial charge >= 0.3 is 0 Å². The van der Waals surface area contributed by atoms with E-state index < -0.39 is 0 Å². The van der Waals surface area contributed by atoms with Crippen LogP contribution in [0.2, 0.25) is 0 Å². The molecule has 45 heavy (non-hydrogen) atoms. The maximum atomic E-state index is 4.60. The molecule has 10 heteroatoms. The highest BCUT2D eigenvalue weighted by molar-refractivity contribution is 6.66. The SMILES string of the molecule is Cc1nc([B]c2ccccc2)nc(Nc2ccc(/C=C/c3ccc(Nc4ncnc([B]c5ccccc5)n4)cc3C)c(C)c2)n1. The van der Waals surface area contributed by atoms with Gasteiger partial charge in [-0.15, -0.1) is 0 Å². The highest BCUT2D eigenvalue weighted by Gasteiger charge is 2.09. The summed E-state index contributed by atoms with van der Waals surface area (Å²) in [7, 11) is 3.87. The lowest BCUT2D eigenvalue weighted by Crippen LogP contribution is -2.33. The van der Waals surface area contributed by atoms with Crippen LogP contribution in [0.15, 0.2) is 103 Å². The molecule has 0 aliphatic carbocycles. The molecule has 0 unspecified atom stereocenters. The molecular formula is C35H30B2N8. The second-order valence-corrected chi connectivity index (χ2v) is 10.6. The lowest BCUT2D eigenvalue weighted by atomic mass is 9.69. The fourth-order valence-electron chi connectivity index (χ4n) is 4.78. The minimum atomic E-state index is 0.497. The topological polar surface area (TPSA) is 101 Å². The largest absolute Gasteiger partial charge is 0.324 e. The van der Waals surface area contributed by atoms with Gasteiger partial charge in [-0.3, -0.25) is 0 Å². The van der Waals surface area contributed by atoms with Crippen LogP contribution >= 0.6 is 0 Å². The van der Waals surface area contributed by atoms with Crippen molar-refractivity contribution in [2.75, 3.05) is 10.6 Å². The Balaban J connectivity index is 1.10. The maximum absolute atomic E-state index is 4.60. The third-order valence-corrected chi connectivity index (χ3v) is 7.04. The van der Waals surface area contributed by atoms with Crippen molar-refractivity contribution in [3.8, 4) is 0 Å². The number of rotatable bonds is 10. The highest BCUT2D eigenvalue weighted by atomic mass is 15.2. The predicted molar refractivity (Wildman–Crippen MR) is 185 cm³/mol. The highest BCUT2D eigenvalue weighted by Crippen LogP contribution is 2.22. The van der Waals surface area contributed by atoms with Gasteiger partial charge in [0.2, 0.25) is 26.5 Å². The number of benzene rings is 4. The van der Waals surface area contributed by atoms with E-state index in [1.807, 2.05) is 94.3 Å². The van der Waals surface area contributed by atoms with Crippen LogP contribution in [0.3, 0.4) is 0 Å². The van der Waals surface area contributed by atoms with Crippen molar-refractivity contribution >= 4 is 72.4 Å². The second-order valence-electron chi connectivity index (χ2n) is 10.6. The number of aryl methyl sites for hydroxylation is 3. The maximum Gasteiger partial charge on any atom is 0.243 e. The van der Waals surface area contributed by atoms with E-state index in [2.05, 4.69) is 90.8 Å². The number of anilines is 4. The zero-order valence-corrected chi connectivity index (χ0v) is 25.3. The van der Waals surface area contributed by atoms with E-state index in [1.54, 1.807) is 0 Å². The molecule has 6 aromatic rings. The van der Waals surface area contributed by atoms with Gasteiger partial charge in [0.25, 0.3) is 0 Å². The van der Waals surface area contributed by atoms with Crippen molar-refractivity contribution in [1.82, 2.24) is 29.9 Å². The molecule has 4 aromatic carbocycles. The lowest BCUT2D eigenvalue weighted by molar-refractivity contribution is 1.01. The molecule has 0 spiro atoms. The van der Waals surface area contributed by atoms with E-state index >= 15 is 0 Å². The van der Waals surface area contributed by atoms with Gasteiger partial charge in [-0.05, 0) is 67.3 Å². The number of nitrogens with zero attached hydrogens (tertiary/aromatic N) is 6. The van der Waals surface area contributed by atoms with Crippen LogP contribution in [-0.2, 0) is 0 Å². The molecule has 216 valence electrons. The fourth-order valence-corrected chi connectivity index (χ4v) is 4.78. The molecule has 0 saturated carbocycles. The molecule has 2 aromatic heterocycles. The van der Waals surface area contributed by atoms with Crippen LogP contribution < -0.4 is 33.0 Å². The normalized spacial score (nSPS) is 10.9. The Hall–Kier alpha value is -5.63. The third kappa shape index (κ3) is 8.06. The van der Waals surface area contributed by atoms with E-state index in [0.29, 0.717) is 29.2 Å². The minimum Gasteiger partial charge on any atom is -0.324 e. The van der Waals surface area contributed by atoms with Crippen molar-refractivity contribution in [3.05, 3.63) is 131 Å². The molecule has 0 aliphatic rings. The Labute approximate surface area is 264 Å². The zero-order valence-electron chi connectivity index (χ0n) is 25.3. The molecule has 0 aliphatic heterocycles. The van der Waals surface area contributed by atoms with Crippen molar-refractivity contribution in [2.45, 2.75) is 20.8 Å². The first kappa shape index (κ1) is 29.4. The smallest absolute Gasteiger partial charge is 0.243 e. The summed E-state index contributed by atoms with van der Waals surface area (Å²) in [5, 5.41) is 6.63. The summed E-state index contributed by atoms with van der Waals surface area (Å²) < 4.78 is 0. The summed E-state index contributed by atoms with van der Waals surface area (Å²) in [6.07, 6.45) is 5.78. The molecule has 0 bridgehead atoms. The number of hydrogen-bond donors (Lipinski definition) is 2. The van der Waals surface area contributed by atoms with Crippen LogP contribution in [0.1, 0.15) is 28.1 Å². The molecular weight excluding hydrogens is 554 g/mol. The van der Waals surface area contributed by atoms with Gasteiger partial charge in [-0.1, -0.05) is 95.9 Å². The van der Waals surface area contributed by atoms with E-state index in [4.69, 9.17) is 0 Å². The summed E-state index contributed by atoms with van der Waals surface area (Å²) >= 11 is 0. The quantitative estimate of drug-likeness (QED) is 0.185. The van der Waals surface area contributed by atoms with E-state index in [0.717, 1.165) is 44.6 Å². The monoisotopic (exact) mass is 584 g/mol. The molecule has 2 radical (unpaired) electrons. The molecule has 0 atom stereocenters. The number of nitrogens with one attached hydrogen (secondary N) is 2. The first-order valence-corrected chi connectivity index (χ1v) is 14.6. The summed E-state index contributed by atoms with van der Waals surface area (Å²) in [6.45, 7) is 6.05. The van der Waals surface area contributed by atoms with Crippen LogP contribution in [0, 0.1) is 20.8 Å². The lowest BCUT2D eigenvalue weighted by Gasteiger charge is -2.10. The first-order valence-electron chi connectivity index (χ1n) is 14.6. The molecule has 2 heterocycles. The Morgan fingerprint density at radius 2 is 1.07 bits per heavy atom. The Morgan fingerprint density at radius 3 is 1.64 bits per heavy atom. The predicted octanol–water partition coefficient (Wildman–Crippen LogP) is 3.95. The van der Waals surface area contributed by atoms with Crippen LogP contribution in [-0.4, -0.2) is 44.5 Å². The molecule has 8 nitrogen and oxygen atoms in total. The minimum absolute atomic E-state index is 0.497. The van der Waals surface area contributed by atoms with E-state index in [9.17, 15) is 0 Å². The van der Waals surface area contributed by atoms with Gasteiger partial charge in [-0.25, -0.2) is 24.9 Å². The van der Waals surface area contributed by atoms with Crippen molar-refractivity contribution in [1.29, 1.82) is 0 Å². The van der Waals surface area contributed by atoms with E-state index in [1.165, 1.54) is 6.33 Å². The van der Waals surface area contributed by atoms with Gasteiger partial charge < -0.3 is 10.6 Å². The second kappa shape index (κ2) is 13.8. The summed E-state index contributed by atoms with van der Waals surface area (Å²) in [4.78, 5) is 26.6. The molecule has 2 N–H and O–H groups in total. The summed E-state index contributed by atoms with van der Waals surface area (Å²) in [5.74, 6) is 1.67. The average Bonchev–Trinajstić information content (AvgIpc) is 3.02. The molecule has 0 fully saturated rings. The van der Waals surface area contributed by atoms with Crippen molar-refractivity contribution in [2.24, 2.45) is 0 Å². The van der Waals surface area contributed by atoms with Crippen molar-refractivity contribution < 1.29 is 0 Å². The summed E-state index contributed by atoms with van der Waals surface area (Å²) in [5.41, 5.74) is 9.62.